The van der Waals surface area contributed by atoms with Crippen molar-refractivity contribution in [1.82, 2.24) is 10.2 Å². The van der Waals surface area contributed by atoms with Crippen LogP contribution in [0.3, 0.4) is 0 Å². The van der Waals surface area contributed by atoms with Gasteiger partial charge in [-0.3, -0.25) is 9.69 Å². The number of hydrogen-bond acceptors (Lipinski definition) is 3. The van der Waals surface area contributed by atoms with Crippen molar-refractivity contribution < 1.29 is 14.7 Å². The molecule has 0 radical (unpaired) electrons. The molecule has 0 aliphatic rings. The molecule has 2 atom stereocenters. The van der Waals surface area contributed by atoms with Crippen molar-refractivity contribution in [3.63, 3.8) is 0 Å². The van der Waals surface area contributed by atoms with E-state index in [1.54, 1.807) is 0 Å². The summed E-state index contributed by atoms with van der Waals surface area (Å²) in [6.07, 6.45) is 0.721. The lowest BCUT2D eigenvalue weighted by molar-refractivity contribution is -0.143. The molecule has 0 bridgehead atoms. The standard InChI is InChI=1S/C16H32N2O3/c1-7-13(6)15(16(20)21)17-14(19)10-18(8-11(2)3)9-12(4)5/h11-13,15H,7-10H2,1-6H3,(H,17,19)(H,20,21). The minimum atomic E-state index is -0.961. The van der Waals surface area contributed by atoms with Gasteiger partial charge in [-0.15, -0.1) is 0 Å². The molecule has 2 N–H and O–H groups in total. The fourth-order valence-electron chi connectivity index (χ4n) is 2.34. The van der Waals surface area contributed by atoms with E-state index in [0.717, 1.165) is 19.5 Å². The Morgan fingerprint density at radius 1 is 1.05 bits per heavy atom. The Bertz CT molecular complexity index is 319. The van der Waals surface area contributed by atoms with Crippen LogP contribution in [0, 0.1) is 17.8 Å². The average Bonchev–Trinajstić information content (AvgIpc) is 2.32. The molecule has 0 heterocycles. The normalized spacial score (nSPS) is 14.5. The summed E-state index contributed by atoms with van der Waals surface area (Å²) in [5.74, 6) is -0.293. The van der Waals surface area contributed by atoms with Gasteiger partial charge in [0.15, 0.2) is 0 Å². The van der Waals surface area contributed by atoms with Gasteiger partial charge in [0.2, 0.25) is 5.91 Å². The molecule has 5 nitrogen and oxygen atoms in total. The van der Waals surface area contributed by atoms with Gasteiger partial charge in [0.05, 0.1) is 6.54 Å². The molecule has 0 rings (SSSR count). The third kappa shape index (κ3) is 8.71. The van der Waals surface area contributed by atoms with E-state index in [0.29, 0.717) is 11.8 Å². The molecule has 0 aromatic heterocycles. The first-order valence-electron chi connectivity index (χ1n) is 7.91. The van der Waals surface area contributed by atoms with E-state index in [1.165, 1.54) is 0 Å². The SMILES string of the molecule is CCC(C)C(NC(=O)CN(CC(C)C)CC(C)C)C(=O)O. The van der Waals surface area contributed by atoms with Crippen molar-refractivity contribution in [3.05, 3.63) is 0 Å². The summed E-state index contributed by atoms with van der Waals surface area (Å²) in [4.78, 5) is 25.5. The lowest BCUT2D eigenvalue weighted by atomic mass is 9.99. The van der Waals surface area contributed by atoms with Crippen molar-refractivity contribution in [2.24, 2.45) is 17.8 Å². The molecule has 2 unspecified atom stereocenters. The van der Waals surface area contributed by atoms with Crippen molar-refractivity contribution in [2.75, 3.05) is 19.6 Å². The summed E-state index contributed by atoms with van der Waals surface area (Å²) in [6.45, 7) is 14.2. The highest BCUT2D eigenvalue weighted by molar-refractivity contribution is 5.84. The van der Waals surface area contributed by atoms with Crippen LogP contribution < -0.4 is 5.32 Å². The van der Waals surface area contributed by atoms with Crippen LogP contribution in [-0.4, -0.2) is 47.6 Å². The van der Waals surface area contributed by atoms with Crippen LogP contribution in [0.2, 0.25) is 0 Å². The van der Waals surface area contributed by atoms with Gasteiger partial charge >= 0.3 is 5.97 Å². The average molecular weight is 300 g/mol. The number of nitrogens with zero attached hydrogens (tertiary/aromatic N) is 1. The fraction of sp³-hybridized carbons (Fsp3) is 0.875. The van der Waals surface area contributed by atoms with Gasteiger partial charge < -0.3 is 10.4 Å². The van der Waals surface area contributed by atoms with Crippen molar-refractivity contribution in [2.45, 2.75) is 54.0 Å². The Balaban J connectivity index is 4.62. The monoisotopic (exact) mass is 300 g/mol. The molecule has 0 saturated carbocycles. The second-order valence-electron chi connectivity index (χ2n) is 6.75. The second kappa shape index (κ2) is 9.77. The highest BCUT2D eigenvalue weighted by atomic mass is 16.4. The van der Waals surface area contributed by atoms with Gasteiger partial charge in [0, 0.05) is 13.1 Å². The quantitative estimate of drug-likeness (QED) is 0.649. The summed E-state index contributed by atoms with van der Waals surface area (Å²) in [6, 6.07) is -0.803. The Morgan fingerprint density at radius 2 is 1.52 bits per heavy atom. The first-order chi connectivity index (χ1) is 9.67. The van der Waals surface area contributed by atoms with Crippen LogP contribution in [0.25, 0.3) is 0 Å². The van der Waals surface area contributed by atoms with Crippen LogP contribution in [0.4, 0.5) is 0 Å². The van der Waals surface area contributed by atoms with E-state index in [9.17, 15) is 14.7 Å². The minimum absolute atomic E-state index is 0.0740. The van der Waals surface area contributed by atoms with Gasteiger partial charge in [0.25, 0.3) is 0 Å². The van der Waals surface area contributed by atoms with Crippen molar-refractivity contribution in [3.8, 4) is 0 Å². The predicted octanol–water partition coefficient (Wildman–Crippen LogP) is 2.22. The van der Waals surface area contributed by atoms with Crippen LogP contribution in [0.15, 0.2) is 0 Å². The zero-order chi connectivity index (χ0) is 16.6. The maximum atomic E-state index is 12.1. The van der Waals surface area contributed by atoms with Gasteiger partial charge in [-0.25, -0.2) is 4.79 Å². The summed E-state index contributed by atoms with van der Waals surface area (Å²) >= 11 is 0. The van der Waals surface area contributed by atoms with Crippen LogP contribution >= 0.6 is 0 Å². The molecule has 1 amide bonds. The van der Waals surface area contributed by atoms with Gasteiger partial charge in [-0.05, 0) is 17.8 Å². The molecule has 124 valence electrons. The summed E-state index contributed by atoms with van der Waals surface area (Å²) < 4.78 is 0. The number of rotatable bonds is 10. The molecule has 0 aliphatic heterocycles. The number of aliphatic carboxylic acids is 1. The predicted molar refractivity (Wildman–Crippen MR) is 85.1 cm³/mol. The molecule has 21 heavy (non-hydrogen) atoms. The third-order valence-corrected chi connectivity index (χ3v) is 3.41. The van der Waals surface area contributed by atoms with Crippen LogP contribution in [0.5, 0.6) is 0 Å². The zero-order valence-electron chi connectivity index (χ0n) is 14.3. The van der Waals surface area contributed by atoms with E-state index < -0.39 is 12.0 Å². The van der Waals surface area contributed by atoms with Crippen LogP contribution in [-0.2, 0) is 9.59 Å². The molecule has 0 spiro atoms. The highest BCUT2D eigenvalue weighted by Crippen LogP contribution is 2.08. The van der Waals surface area contributed by atoms with Gasteiger partial charge in [-0.2, -0.15) is 0 Å². The number of carboxylic acids is 1. The van der Waals surface area contributed by atoms with Gasteiger partial charge in [0.1, 0.15) is 6.04 Å². The van der Waals surface area contributed by atoms with Crippen molar-refractivity contribution in [1.29, 1.82) is 0 Å². The Labute approximate surface area is 129 Å². The molecular formula is C16H32N2O3. The number of nitrogens with one attached hydrogen (secondary N) is 1. The summed E-state index contributed by atoms with van der Waals surface area (Å²) in [5.41, 5.74) is 0. The number of hydrogen-bond donors (Lipinski definition) is 2. The second-order valence-corrected chi connectivity index (χ2v) is 6.75. The lowest BCUT2D eigenvalue weighted by Gasteiger charge is -2.27. The smallest absolute Gasteiger partial charge is 0.326 e. The Morgan fingerprint density at radius 3 is 1.86 bits per heavy atom. The Hall–Kier alpha value is -1.10. The first kappa shape index (κ1) is 19.9. The fourth-order valence-corrected chi connectivity index (χ4v) is 2.34. The number of carbonyl (C=O) groups is 2. The minimum Gasteiger partial charge on any atom is -0.480 e. The lowest BCUT2D eigenvalue weighted by Crippen LogP contribution is -2.49. The first-order valence-corrected chi connectivity index (χ1v) is 7.91. The van der Waals surface area contributed by atoms with Crippen LogP contribution in [0.1, 0.15) is 48.0 Å². The summed E-state index contributed by atoms with van der Waals surface area (Å²) in [5, 5.41) is 11.9. The maximum Gasteiger partial charge on any atom is 0.326 e. The number of carboxylic acid groups (broad SMARTS) is 1. The van der Waals surface area contributed by atoms with E-state index in [-0.39, 0.29) is 18.4 Å². The Kier molecular flexibility index (Phi) is 9.26. The van der Waals surface area contributed by atoms with E-state index in [1.807, 2.05) is 13.8 Å². The van der Waals surface area contributed by atoms with Gasteiger partial charge in [-0.1, -0.05) is 48.0 Å². The summed E-state index contributed by atoms with van der Waals surface area (Å²) in [7, 11) is 0. The zero-order valence-corrected chi connectivity index (χ0v) is 14.3. The molecule has 0 aromatic rings. The topological polar surface area (TPSA) is 69.6 Å². The van der Waals surface area contributed by atoms with E-state index in [2.05, 4.69) is 37.9 Å². The molecular weight excluding hydrogens is 268 g/mol. The van der Waals surface area contributed by atoms with Crippen molar-refractivity contribution >= 4 is 11.9 Å². The van der Waals surface area contributed by atoms with E-state index >= 15 is 0 Å². The highest BCUT2D eigenvalue weighted by Gasteiger charge is 2.26. The maximum absolute atomic E-state index is 12.1. The third-order valence-electron chi connectivity index (χ3n) is 3.41. The molecule has 0 aromatic carbocycles. The number of amides is 1. The molecule has 5 heteroatoms. The molecule has 0 saturated heterocycles. The molecule has 0 fully saturated rings. The number of carbonyl (C=O) groups excluding carboxylic acids is 1. The largest absolute Gasteiger partial charge is 0.480 e. The molecule has 0 aliphatic carbocycles. The van der Waals surface area contributed by atoms with E-state index in [4.69, 9.17) is 0 Å².